The SMILES string of the molecule is CO.O=CC1(CO)CCCCC1. The summed E-state index contributed by atoms with van der Waals surface area (Å²) in [5.74, 6) is 0. The quantitative estimate of drug-likeness (QED) is 0.607. The van der Waals surface area contributed by atoms with Crippen LogP contribution >= 0.6 is 0 Å². The summed E-state index contributed by atoms with van der Waals surface area (Å²) in [6.07, 6.45) is 6.11. The van der Waals surface area contributed by atoms with Gasteiger partial charge in [0.05, 0.1) is 6.61 Å². The van der Waals surface area contributed by atoms with E-state index in [1.54, 1.807) is 0 Å². The Bertz CT molecular complexity index is 117. The van der Waals surface area contributed by atoms with Crippen molar-refractivity contribution in [3.8, 4) is 0 Å². The van der Waals surface area contributed by atoms with E-state index in [9.17, 15) is 4.79 Å². The third-order valence-electron chi connectivity index (χ3n) is 2.41. The second-order valence-corrected chi connectivity index (χ2v) is 3.20. The zero-order chi connectivity index (χ0) is 9.45. The Balaban J connectivity index is 0.000000561. The van der Waals surface area contributed by atoms with Crippen LogP contribution in [0.4, 0.5) is 0 Å². The van der Waals surface area contributed by atoms with E-state index in [4.69, 9.17) is 10.2 Å². The Labute approximate surface area is 73.4 Å². The molecule has 12 heavy (non-hydrogen) atoms. The van der Waals surface area contributed by atoms with Crippen LogP contribution in [0.1, 0.15) is 32.1 Å². The first-order chi connectivity index (χ1) is 5.83. The number of hydrogen-bond donors (Lipinski definition) is 2. The summed E-state index contributed by atoms with van der Waals surface area (Å²) < 4.78 is 0. The molecule has 2 N–H and O–H groups in total. The van der Waals surface area contributed by atoms with E-state index >= 15 is 0 Å². The predicted octanol–water partition coefficient (Wildman–Crippen LogP) is 0.737. The van der Waals surface area contributed by atoms with Gasteiger partial charge in [-0.25, -0.2) is 0 Å². The Kier molecular flexibility index (Phi) is 5.93. The predicted molar refractivity (Wildman–Crippen MR) is 46.8 cm³/mol. The normalized spacial score (nSPS) is 20.6. The van der Waals surface area contributed by atoms with Gasteiger partial charge in [0.25, 0.3) is 0 Å². The molecule has 0 radical (unpaired) electrons. The van der Waals surface area contributed by atoms with Gasteiger partial charge >= 0.3 is 0 Å². The lowest BCUT2D eigenvalue weighted by atomic mass is 9.76. The number of aliphatic hydroxyl groups excluding tert-OH is 2. The molecule has 0 saturated heterocycles. The van der Waals surface area contributed by atoms with Crippen molar-refractivity contribution >= 4 is 6.29 Å². The van der Waals surface area contributed by atoms with E-state index < -0.39 is 0 Å². The smallest absolute Gasteiger partial charge is 0.128 e. The van der Waals surface area contributed by atoms with Crippen molar-refractivity contribution in [1.82, 2.24) is 0 Å². The lowest BCUT2D eigenvalue weighted by Crippen LogP contribution is -2.29. The molecule has 1 aliphatic carbocycles. The van der Waals surface area contributed by atoms with E-state index in [1.807, 2.05) is 0 Å². The lowest BCUT2D eigenvalue weighted by molar-refractivity contribution is -0.120. The molecule has 0 bridgehead atoms. The van der Waals surface area contributed by atoms with Gasteiger partial charge in [0.15, 0.2) is 0 Å². The summed E-state index contributed by atoms with van der Waals surface area (Å²) in [5.41, 5.74) is -0.363. The fraction of sp³-hybridized carbons (Fsp3) is 0.889. The summed E-state index contributed by atoms with van der Waals surface area (Å²) >= 11 is 0. The van der Waals surface area contributed by atoms with Gasteiger partial charge in [-0.3, -0.25) is 0 Å². The van der Waals surface area contributed by atoms with Crippen LogP contribution in [0.3, 0.4) is 0 Å². The molecular formula is C9H18O3. The van der Waals surface area contributed by atoms with Crippen LogP contribution in [0, 0.1) is 5.41 Å². The molecule has 3 heteroatoms. The van der Waals surface area contributed by atoms with E-state index in [2.05, 4.69) is 0 Å². The molecule has 1 fully saturated rings. The molecule has 0 aromatic heterocycles. The summed E-state index contributed by atoms with van der Waals surface area (Å²) in [7, 11) is 1.00. The van der Waals surface area contributed by atoms with Gasteiger partial charge in [-0.15, -0.1) is 0 Å². The molecule has 72 valence electrons. The average Bonchev–Trinajstić information content (AvgIpc) is 2.22. The van der Waals surface area contributed by atoms with Crippen molar-refractivity contribution in [2.24, 2.45) is 5.41 Å². The van der Waals surface area contributed by atoms with E-state index in [0.29, 0.717) is 0 Å². The molecule has 0 aromatic carbocycles. The zero-order valence-electron chi connectivity index (χ0n) is 7.62. The molecule has 0 amide bonds. The maximum atomic E-state index is 10.6. The van der Waals surface area contributed by atoms with Gasteiger partial charge in [0, 0.05) is 12.5 Å². The third kappa shape index (κ3) is 2.91. The highest BCUT2D eigenvalue weighted by molar-refractivity contribution is 5.59. The molecule has 3 nitrogen and oxygen atoms in total. The van der Waals surface area contributed by atoms with Crippen LogP contribution in [0.5, 0.6) is 0 Å². The van der Waals surface area contributed by atoms with Crippen molar-refractivity contribution in [3.05, 3.63) is 0 Å². The number of carbonyl (C=O) groups is 1. The van der Waals surface area contributed by atoms with Crippen molar-refractivity contribution in [3.63, 3.8) is 0 Å². The first-order valence-electron chi connectivity index (χ1n) is 4.35. The molecule has 0 unspecified atom stereocenters. The Morgan fingerprint density at radius 1 is 1.25 bits per heavy atom. The molecule has 1 saturated carbocycles. The van der Waals surface area contributed by atoms with Crippen LogP contribution in [-0.4, -0.2) is 30.2 Å². The van der Waals surface area contributed by atoms with Crippen molar-refractivity contribution in [2.75, 3.05) is 13.7 Å². The first-order valence-corrected chi connectivity index (χ1v) is 4.35. The minimum Gasteiger partial charge on any atom is -0.400 e. The molecule has 0 aliphatic heterocycles. The van der Waals surface area contributed by atoms with Crippen LogP contribution in [0.25, 0.3) is 0 Å². The topological polar surface area (TPSA) is 57.5 Å². The number of aldehydes is 1. The van der Waals surface area contributed by atoms with Gasteiger partial charge in [0.1, 0.15) is 6.29 Å². The number of rotatable bonds is 2. The highest BCUT2D eigenvalue weighted by atomic mass is 16.3. The Hall–Kier alpha value is -0.410. The first kappa shape index (κ1) is 11.6. The van der Waals surface area contributed by atoms with Gasteiger partial charge in [-0.1, -0.05) is 19.3 Å². The highest BCUT2D eigenvalue weighted by Crippen LogP contribution is 2.33. The maximum absolute atomic E-state index is 10.6. The average molecular weight is 174 g/mol. The van der Waals surface area contributed by atoms with Crippen LogP contribution in [0.2, 0.25) is 0 Å². The van der Waals surface area contributed by atoms with Crippen LogP contribution in [-0.2, 0) is 4.79 Å². The Morgan fingerprint density at radius 3 is 2.00 bits per heavy atom. The van der Waals surface area contributed by atoms with Crippen molar-refractivity contribution in [2.45, 2.75) is 32.1 Å². The molecular weight excluding hydrogens is 156 g/mol. The van der Waals surface area contributed by atoms with Gasteiger partial charge in [-0.05, 0) is 12.8 Å². The molecule has 0 heterocycles. The zero-order valence-corrected chi connectivity index (χ0v) is 7.62. The van der Waals surface area contributed by atoms with Gasteiger partial charge in [0.2, 0.25) is 0 Å². The summed E-state index contributed by atoms with van der Waals surface area (Å²) in [6.45, 7) is 0.0382. The lowest BCUT2D eigenvalue weighted by Gasteiger charge is -2.29. The van der Waals surface area contributed by atoms with Gasteiger partial charge < -0.3 is 15.0 Å². The van der Waals surface area contributed by atoms with E-state index in [-0.39, 0.29) is 12.0 Å². The molecule has 1 rings (SSSR count). The fourth-order valence-electron chi connectivity index (χ4n) is 1.57. The monoisotopic (exact) mass is 174 g/mol. The van der Waals surface area contributed by atoms with Crippen molar-refractivity contribution in [1.29, 1.82) is 0 Å². The second-order valence-electron chi connectivity index (χ2n) is 3.20. The summed E-state index contributed by atoms with van der Waals surface area (Å²) in [6, 6.07) is 0. The standard InChI is InChI=1S/C8H14O2.CH4O/c9-6-8(7-10)4-2-1-3-5-8;1-2/h6,10H,1-5,7H2;2H,1H3. The molecule has 0 aromatic rings. The summed E-state index contributed by atoms with van der Waals surface area (Å²) in [5, 5.41) is 15.9. The Morgan fingerprint density at radius 2 is 1.75 bits per heavy atom. The maximum Gasteiger partial charge on any atom is 0.128 e. The molecule has 1 aliphatic rings. The molecule has 0 atom stereocenters. The highest BCUT2D eigenvalue weighted by Gasteiger charge is 2.30. The van der Waals surface area contributed by atoms with Crippen molar-refractivity contribution < 1.29 is 15.0 Å². The van der Waals surface area contributed by atoms with E-state index in [1.165, 1.54) is 6.42 Å². The minimum atomic E-state index is -0.363. The van der Waals surface area contributed by atoms with E-state index in [0.717, 1.165) is 39.1 Å². The fourth-order valence-corrected chi connectivity index (χ4v) is 1.57. The van der Waals surface area contributed by atoms with Crippen LogP contribution < -0.4 is 0 Å². The minimum absolute atomic E-state index is 0.0382. The third-order valence-corrected chi connectivity index (χ3v) is 2.41. The summed E-state index contributed by atoms with van der Waals surface area (Å²) in [4.78, 5) is 10.6. The number of carbonyl (C=O) groups excluding carboxylic acids is 1. The van der Waals surface area contributed by atoms with Crippen LogP contribution in [0.15, 0.2) is 0 Å². The number of hydrogen-bond acceptors (Lipinski definition) is 3. The second kappa shape index (κ2) is 6.14. The number of aliphatic hydroxyl groups is 2. The van der Waals surface area contributed by atoms with Gasteiger partial charge in [-0.2, -0.15) is 0 Å². The molecule has 0 spiro atoms. The largest absolute Gasteiger partial charge is 0.400 e.